The first-order chi connectivity index (χ1) is 13.4. The smallest absolute Gasteiger partial charge is 0.255 e. The number of benzene rings is 2. The zero-order chi connectivity index (χ0) is 20.5. The lowest BCUT2D eigenvalue weighted by atomic mass is 10.1. The number of nitrogens with one attached hydrogen (secondary N) is 2. The fourth-order valence-electron chi connectivity index (χ4n) is 2.61. The minimum absolute atomic E-state index is 0.202. The molecule has 2 amide bonds. The van der Waals surface area contributed by atoms with E-state index in [9.17, 15) is 9.59 Å². The highest BCUT2D eigenvalue weighted by Crippen LogP contribution is 2.29. The van der Waals surface area contributed by atoms with Gasteiger partial charge in [-0.25, -0.2) is 0 Å². The van der Waals surface area contributed by atoms with Crippen LogP contribution in [0.25, 0.3) is 0 Å². The Morgan fingerprint density at radius 1 is 0.964 bits per heavy atom. The molecule has 0 saturated carbocycles. The summed E-state index contributed by atoms with van der Waals surface area (Å²) < 4.78 is 10.5. The molecule has 2 aromatic carbocycles. The molecule has 0 aliphatic rings. The summed E-state index contributed by atoms with van der Waals surface area (Å²) in [5.74, 6) is 0.576. The van der Waals surface area contributed by atoms with Gasteiger partial charge in [-0.3, -0.25) is 9.59 Å². The van der Waals surface area contributed by atoms with Crippen LogP contribution in [-0.2, 0) is 0 Å². The first-order valence-corrected chi connectivity index (χ1v) is 9.01. The number of ether oxygens (including phenoxy) is 2. The molecule has 2 N–H and O–H groups in total. The second-order valence-corrected chi connectivity index (χ2v) is 6.51. The Labute approximate surface area is 165 Å². The van der Waals surface area contributed by atoms with Crippen LogP contribution in [0, 0.1) is 0 Å². The Morgan fingerprint density at radius 2 is 1.68 bits per heavy atom. The molecule has 0 aromatic heterocycles. The van der Waals surface area contributed by atoms with E-state index in [4.69, 9.17) is 9.47 Å². The van der Waals surface area contributed by atoms with Crippen molar-refractivity contribution in [2.45, 2.75) is 6.42 Å². The average molecular weight is 385 g/mol. The molecule has 28 heavy (non-hydrogen) atoms. The molecule has 0 atom stereocenters. The van der Waals surface area contributed by atoms with Crippen molar-refractivity contribution in [3.63, 3.8) is 0 Å². The van der Waals surface area contributed by atoms with Gasteiger partial charge in [0, 0.05) is 23.7 Å². The summed E-state index contributed by atoms with van der Waals surface area (Å²) in [6.45, 7) is 1.47. The highest BCUT2D eigenvalue weighted by atomic mass is 16.5. The predicted molar refractivity (Wildman–Crippen MR) is 109 cm³/mol. The first kappa shape index (κ1) is 21.2. The number of methoxy groups -OCH3 is 2. The standard InChI is InChI=1S/C21H27N3O4/c1-24(2)12-6-11-22-20(25)15-7-5-8-16(13-15)21(26)23-18-14-17(27-3)9-10-19(18)28-4/h5,7-10,13-14H,6,11-12H2,1-4H3,(H,22,25)(H,23,26). The molecule has 0 fully saturated rings. The number of nitrogens with zero attached hydrogens (tertiary/aromatic N) is 1. The van der Waals surface area contributed by atoms with Crippen molar-refractivity contribution in [1.29, 1.82) is 0 Å². The fourth-order valence-corrected chi connectivity index (χ4v) is 2.61. The van der Waals surface area contributed by atoms with Gasteiger partial charge in [0.05, 0.1) is 19.9 Å². The van der Waals surface area contributed by atoms with E-state index in [0.29, 0.717) is 34.9 Å². The molecule has 0 aliphatic heterocycles. The molecular formula is C21H27N3O4. The Balaban J connectivity index is 2.07. The molecule has 150 valence electrons. The van der Waals surface area contributed by atoms with Gasteiger partial charge in [0.25, 0.3) is 11.8 Å². The molecule has 7 nitrogen and oxygen atoms in total. The Hall–Kier alpha value is -3.06. The number of rotatable bonds is 9. The van der Waals surface area contributed by atoms with Gasteiger partial charge in [0.2, 0.25) is 0 Å². The van der Waals surface area contributed by atoms with Crippen molar-refractivity contribution in [2.75, 3.05) is 46.7 Å². The van der Waals surface area contributed by atoms with E-state index in [-0.39, 0.29) is 11.8 Å². The summed E-state index contributed by atoms with van der Waals surface area (Å²) in [7, 11) is 7.05. The number of amides is 2. The Morgan fingerprint density at radius 3 is 2.32 bits per heavy atom. The molecular weight excluding hydrogens is 358 g/mol. The van der Waals surface area contributed by atoms with Crippen LogP contribution in [-0.4, -0.2) is 58.1 Å². The van der Waals surface area contributed by atoms with Crippen molar-refractivity contribution in [3.05, 3.63) is 53.6 Å². The van der Waals surface area contributed by atoms with Crippen molar-refractivity contribution >= 4 is 17.5 Å². The largest absolute Gasteiger partial charge is 0.497 e. The fraction of sp³-hybridized carbons (Fsp3) is 0.333. The Kier molecular flexibility index (Phi) is 7.83. The zero-order valence-electron chi connectivity index (χ0n) is 16.7. The van der Waals surface area contributed by atoms with Gasteiger partial charge in [0.1, 0.15) is 11.5 Å². The van der Waals surface area contributed by atoms with E-state index < -0.39 is 0 Å². The predicted octanol–water partition coefficient (Wildman–Crippen LogP) is 2.64. The van der Waals surface area contributed by atoms with E-state index in [1.54, 1.807) is 49.6 Å². The Bertz CT molecular complexity index is 821. The van der Waals surface area contributed by atoms with Crippen LogP contribution in [0.5, 0.6) is 11.5 Å². The maximum Gasteiger partial charge on any atom is 0.255 e. The molecule has 0 aliphatic carbocycles. The van der Waals surface area contributed by atoms with Crippen LogP contribution in [0.15, 0.2) is 42.5 Å². The lowest BCUT2D eigenvalue weighted by Crippen LogP contribution is -2.27. The maximum atomic E-state index is 12.6. The van der Waals surface area contributed by atoms with Crippen LogP contribution in [0.2, 0.25) is 0 Å². The van der Waals surface area contributed by atoms with E-state index in [0.717, 1.165) is 13.0 Å². The highest BCUT2D eigenvalue weighted by Gasteiger charge is 2.13. The minimum atomic E-state index is -0.339. The number of carbonyl (C=O) groups is 2. The lowest BCUT2D eigenvalue weighted by Gasteiger charge is -2.12. The number of anilines is 1. The topological polar surface area (TPSA) is 79.9 Å². The summed E-state index contributed by atoms with van der Waals surface area (Å²) in [4.78, 5) is 27.0. The van der Waals surface area contributed by atoms with Crippen molar-refractivity contribution in [1.82, 2.24) is 10.2 Å². The van der Waals surface area contributed by atoms with Gasteiger partial charge >= 0.3 is 0 Å². The molecule has 0 heterocycles. The quantitative estimate of drug-likeness (QED) is 0.649. The van der Waals surface area contributed by atoms with Crippen LogP contribution in [0.4, 0.5) is 5.69 Å². The van der Waals surface area contributed by atoms with Crippen molar-refractivity contribution < 1.29 is 19.1 Å². The van der Waals surface area contributed by atoms with E-state index in [1.807, 2.05) is 14.1 Å². The molecule has 0 radical (unpaired) electrons. The maximum absolute atomic E-state index is 12.6. The summed E-state index contributed by atoms with van der Waals surface area (Å²) in [5, 5.41) is 5.67. The molecule has 7 heteroatoms. The summed E-state index contributed by atoms with van der Waals surface area (Å²) in [6.07, 6.45) is 0.856. The van der Waals surface area contributed by atoms with Crippen LogP contribution >= 0.6 is 0 Å². The van der Waals surface area contributed by atoms with Crippen LogP contribution in [0.1, 0.15) is 27.1 Å². The third-order valence-electron chi connectivity index (χ3n) is 4.11. The molecule has 0 saturated heterocycles. The highest BCUT2D eigenvalue weighted by molar-refractivity contribution is 6.06. The monoisotopic (exact) mass is 385 g/mol. The summed E-state index contributed by atoms with van der Waals surface area (Å²) in [6, 6.07) is 11.7. The number of hydrogen-bond acceptors (Lipinski definition) is 5. The lowest BCUT2D eigenvalue weighted by molar-refractivity contribution is 0.0952. The van der Waals surface area contributed by atoms with Gasteiger partial charge in [0.15, 0.2) is 0 Å². The number of carbonyl (C=O) groups excluding carboxylic acids is 2. The van der Waals surface area contributed by atoms with Gasteiger partial charge in [-0.1, -0.05) is 6.07 Å². The van der Waals surface area contributed by atoms with Crippen LogP contribution in [0.3, 0.4) is 0 Å². The van der Waals surface area contributed by atoms with E-state index in [1.165, 1.54) is 7.11 Å². The first-order valence-electron chi connectivity index (χ1n) is 9.01. The van der Waals surface area contributed by atoms with E-state index in [2.05, 4.69) is 15.5 Å². The molecule has 2 rings (SSSR count). The molecule has 2 aromatic rings. The van der Waals surface area contributed by atoms with Crippen LogP contribution < -0.4 is 20.1 Å². The zero-order valence-corrected chi connectivity index (χ0v) is 16.7. The second kappa shape index (κ2) is 10.3. The van der Waals surface area contributed by atoms with E-state index >= 15 is 0 Å². The normalized spacial score (nSPS) is 10.5. The van der Waals surface area contributed by atoms with Crippen molar-refractivity contribution in [3.8, 4) is 11.5 Å². The van der Waals surface area contributed by atoms with Gasteiger partial charge in [-0.2, -0.15) is 0 Å². The third-order valence-corrected chi connectivity index (χ3v) is 4.11. The third kappa shape index (κ3) is 5.99. The SMILES string of the molecule is COc1ccc(OC)c(NC(=O)c2cccc(C(=O)NCCCN(C)C)c2)c1. The minimum Gasteiger partial charge on any atom is -0.497 e. The number of hydrogen-bond donors (Lipinski definition) is 2. The van der Waals surface area contributed by atoms with Gasteiger partial charge in [-0.05, 0) is 57.4 Å². The van der Waals surface area contributed by atoms with Crippen molar-refractivity contribution in [2.24, 2.45) is 0 Å². The molecule has 0 spiro atoms. The molecule has 0 unspecified atom stereocenters. The average Bonchev–Trinajstić information content (AvgIpc) is 2.70. The molecule has 0 bridgehead atoms. The second-order valence-electron chi connectivity index (χ2n) is 6.51. The van der Waals surface area contributed by atoms with Gasteiger partial charge < -0.3 is 25.0 Å². The summed E-state index contributed by atoms with van der Waals surface area (Å²) in [5.41, 5.74) is 1.31. The summed E-state index contributed by atoms with van der Waals surface area (Å²) >= 11 is 0. The van der Waals surface area contributed by atoms with Gasteiger partial charge in [-0.15, -0.1) is 0 Å².